The zero-order valence-corrected chi connectivity index (χ0v) is 15.5. The normalized spacial score (nSPS) is 13.0. The Balaban J connectivity index is 1.79. The third kappa shape index (κ3) is 4.45. The summed E-state index contributed by atoms with van der Waals surface area (Å²) >= 11 is 5.84. The van der Waals surface area contributed by atoms with Crippen LogP contribution in [-0.4, -0.2) is 34.4 Å². The van der Waals surface area contributed by atoms with Crippen molar-refractivity contribution in [3.05, 3.63) is 65.0 Å². The van der Waals surface area contributed by atoms with Crippen LogP contribution in [0.25, 0.3) is 11.4 Å². The third-order valence-electron chi connectivity index (χ3n) is 3.93. The number of nitrogens with one attached hydrogen (secondary N) is 1. The zero-order valence-electron chi connectivity index (χ0n) is 14.7. The molecule has 7 nitrogen and oxygen atoms in total. The number of aromatic nitrogens is 2. The molecule has 0 bridgehead atoms. The average molecular weight is 388 g/mol. The minimum atomic E-state index is -0.939. The van der Waals surface area contributed by atoms with E-state index in [-0.39, 0.29) is 11.8 Å². The molecular weight excluding hydrogens is 370 g/mol. The molecule has 0 aliphatic carbocycles. The molecule has 0 radical (unpaired) electrons. The van der Waals surface area contributed by atoms with E-state index in [4.69, 9.17) is 20.9 Å². The van der Waals surface area contributed by atoms with E-state index in [9.17, 15) is 9.90 Å². The van der Waals surface area contributed by atoms with Crippen LogP contribution < -0.4 is 10.1 Å². The number of nitrogens with zero attached hydrogens (tertiary/aromatic N) is 2. The van der Waals surface area contributed by atoms with Gasteiger partial charge in [0.2, 0.25) is 5.82 Å². The van der Waals surface area contributed by atoms with Crippen molar-refractivity contribution < 1.29 is 19.2 Å². The molecular formula is C19H18ClN3O4. The number of rotatable bonds is 6. The molecule has 27 heavy (non-hydrogen) atoms. The second kappa shape index (κ2) is 8.20. The van der Waals surface area contributed by atoms with Crippen LogP contribution in [0, 0.1) is 0 Å². The lowest BCUT2D eigenvalue weighted by atomic mass is 10.1. The van der Waals surface area contributed by atoms with Gasteiger partial charge in [-0.1, -0.05) is 16.8 Å². The summed E-state index contributed by atoms with van der Waals surface area (Å²) in [6.07, 6.45) is -0.939. The first-order valence-electron chi connectivity index (χ1n) is 8.20. The van der Waals surface area contributed by atoms with Crippen molar-refractivity contribution in [2.45, 2.75) is 19.1 Å². The summed E-state index contributed by atoms with van der Waals surface area (Å²) in [4.78, 5) is 16.7. The van der Waals surface area contributed by atoms with Crippen LogP contribution in [0.2, 0.25) is 5.02 Å². The quantitative estimate of drug-likeness (QED) is 0.673. The maximum Gasteiger partial charge on any atom is 0.252 e. The first-order chi connectivity index (χ1) is 13.0. The summed E-state index contributed by atoms with van der Waals surface area (Å²) < 4.78 is 10.4. The van der Waals surface area contributed by atoms with Crippen molar-refractivity contribution in [1.29, 1.82) is 0 Å². The molecule has 0 spiro atoms. The second-order valence-corrected chi connectivity index (χ2v) is 6.32. The number of carbonyl (C=O) groups is 1. The fourth-order valence-corrected chi connectivity index (χ4v) is 2.56. The van der Waals surface area contributed by atoms with Crippen molar-refractivity contribution in [1.82, 2.24) is 15.5 Å². The van der Waals surface area contributed by atoms with Gasteiger partial charge in [0.25, 0.3) is 11.8 Å². The van der Waals surface area contributed by atoms with Gasteiger partial charge in [-0.15, -0.1) is 0 Å². The molecule has 1 aromatic heterocycles. The van der Waals surface area contributed by atoms with Gasteiger partial charge in [0.1, 0.15) is 11.8 Å². The second-order valence-electron chi connectivity index (χ2n) is 5.88. The van der Waals surface area contributed by atoms with Gasteiger partial charge in [0.05, 0.1) is 13.2 Å². The summed E-state index contributed by atoms with van der Waals surface area (Å²) in [5.74, 6) is 0.776. The smallest absolute Gasteiger partial charge is 0.252 e. The standard InChI is InChI=1S/C19H18ClN3O4/c1-11(24)16(21-18(25)13-3-7-14(20)8-4-13)19-22-17(23-27-19)12-5-9-15(26-2)10-6-12/h3-11,16,24H,1-2H3,(H,21,25)/t11-,16+/m1/s1. The zero-order chi connectivity index (χ0) is 19.4. The van der Waals surface area contributed by atoms with Crippen LogP contribution in [-0.2, 0) is 0 Å². The number of ether oxygens (including phenoxy) is 1. The molecule has 0 saturated heterocycles. The Labute approximate surface area is 160 Å². The van der Waals surface area contributed by atoms with Crippen LogP contribution in [0.5, 0.6) is 5.75 Å². The van der Waals surface area contributed by atoms with Gasteiger partial charge in [0.15, 0.2) is 0 Å². The molecule has 8 heteroatoms. The summed E-state index contributed by atoms with van der Waals surface area (Å²) in [5.41, 5.74) is 1.12. The Hall–Kier alpha value is -2.90. The number of benzene rings is 2. The van der Waals surface area contributed by atoms with E-state index in [2.05, 4.69) is 15.5 Å². The Kier molecular flexibility index (Phi) is 5.73. The van der Waals surface area contributed by atoms with E-state index in [0.717, 1.165) is 5.56 Å². The first-order valence-corrected chi connectivity index (χ1v) is 8.58. The van der Waals surface area contributed by atoms with Crippen molar-refractivity contribution in [2.24, 2.45) is 0 Å². The highest BCUT2D eigenvalue weighted by molar-refractivity contribution is 6.30. The highest BCUT2D eigenvalue weighted by Gasteiger charge is 2.26. The lowest BCUT2D eigenvalue weighted by Gasteiger charge is -2.17. The van der Waals surface area contributed by atoms with Crippen molar-refractivity contribution >= 4 is 17.5 Å². The first kappa shape index (κ1) is 18.9. The van der Waals surface area contributed by atoms with Crippen LogP contribution in [0.4, 0.5) is 0 Å². The van der Waals surface area contributed by atoms with E-state index >= 15 is 0 Å². The molecule has 0 saturated carbocycles. The summed E-state index contributed by atoms with van der Waals surface area (Å²) in [6, 6.07) is 12.7. The molecule has 140 valence electrons. The van der Waals surface area contributed by atoms with E-state index in [1.165, 1.54) is 6.92 Å². The van der Waals surface area contributed by atoms with Gasteiger partial charge in [-0.05, 0) is 55.5 Å². The molecule has 1 heterocycles. The number of carbonyl (C=O) groups excluding carboxylic acids is 1. The molecule has 0 fully saturated rings. The van der Waals surface area contributed by atoms with E-state index in [1.807, 2.05) is 0 Å². The Morgan fingerprint density at radius 3 is 2.44 bits per heavy atom. The number of aliphatic hydroxyl groups is 1. The van der Waals surface area contributed by atoms with Gasteiger partial charge in [0, 0.05) is 16.1 Å². The van der Waals surface area contributed by atoms with Crippen LogP contribution in [0.1, 0.15) is 29.2 Å². The lowest BCUT2D eigenvalue weighted by molar-refractivity contribution is 0.0818. The summed E-state index contributed by atoms with van der Waals surface area (Å²) in [6.45, 7) is 1.53. The van der Waals surface area contributed by atoms with Crippen molar-refractivity contribution in [2.75, 3.05) is 7.11 Å². The highest BCUT2D eigenvalue weighted by atomic mass is 35.5. The number of hydrogen-bond acceptors (Lipinski definition) is 6. The third-order valence-corrected chi connectivity index (χ3v) is 4.18. The number of amides is 1. The van der Waals surface area contributed by atoms with Crippen LogP contribution in [0.15, 0.2) is 53.1 Å². The molecule has 1 amide bonds. The van der Waals surface area contributed by atoms with Crippen molar-refractivity contribution in [3.8, 4) is 17.1 Å². The maximum atomic E-state index is 12.4. The van der Waals surface area contributed by atoms with E-state index in [1.54, 1.807) is 55.6 Å². The summed E-state index contributed by atoms with van der Waals surface area (Å²) in [5, 5.41) is 17.2. The minimum Gasteiger partial charge on any atom is -0.497 e. The number of methoxy groups -OCH3 is 1. The largest absolute Gasteiger partial charge is 0.497 e. The Morgan fingerprint density at radius 1 is 1.19 bits per heavy atom. The molecule has 0 aliphatic heterocycles. The fourth-order valence-electron chi connectivity index (χ4n) is 2.43. The van der Waals surface area contributed by atoms with Gasteiger partial charge >= 0.3 is 0 Å². The van der Waals surface area contributed by atoms with Gasteiger partial charge < -0.3 is 19.7 Å². The monoisotopic (exact) mass is 387 g/mol. The maximum absolute atomic E-state index is 12.4. The predicted molar refractivity (Wildman–Crippen MR) is 99.6 cm³/mol. The van der Waals surface area contributed by atoms with E-state index in [0.29, 0.717) is 22.2 Å². The SMILES string of the molecule is COc1ccc(-c2noc([C@@H](NC(=O)c3ccc(Cl)cc3)[C@@H](C)O)n2)cc1. The molecule has 0 aliphatic rings. The summed E-state index contributed by atoms with van der Waals surface area (Å²) in [7, 11) is 1.58. The molecule has 2 N–H and O–H groups in total. The highest BCUT2D eigenvalue weighted by Crippen LogP contribution is 2.23. The van der Waals surface area contributed by atoms with Gasteiger partial charge in [-0.3, -0.25) is 4.79 Å². The molecule has 2 aromatic carbocycles. The average Bonchev–Trinajstić information content (AvgIpc) is 3.16. The predicted octanol–water partition coefficient (Wildman–Crippen LogP) is 3.25. The molecule has 3 rings (SSSR count). The van der Waals surface area contributed by atoms with E-state index < -0.39 is 12.1 Å². The van der Waals surface area contributed by atoms with Crippen LogP contribution in [0.3, 0.4) is 0 Å². The van der Waals surface area contributed by atoms with Crippen LogP contribution >= 0.6 is 11.6 Å². The minimum absolute atomic E-state index is 0.109. The molecule has 2 atom stereocenters. The number of halogens is 1. The lowest BCUT2D eigenvalue weighted by Crippen LogP contribution is -2.35. The molecule has 0 unspecified atom stereocenters. The number of aliphatic hydroxyl groups excluding tert-OH is 1. The topological polar surface area (TPSA) is 97.5 Å². The molecule has 3 aromatic rings. The van der Waals surface area contributed by atoms with Gasteiger partial charge in [-0.25, -0.2) is 0 Å². The van der Waals surface area contributed by atoms with Gasteiger partial charge in [-0.2, -0.15) is 4.98 Å². The fraction of sp³-hybridized carbons (Fsp3) is 0.211. The number of hydrogen-bond donors (Lipinski definition) is 2. The Morgan fingerprint density at radius 2 is 1.85 bits per heavy atom. The van der Waals surface area contributed by atoms with Crippen molar-refractivity contribution in [3.63, 3.8) is 0 Å². The Bertz CT molecular complexity index is 907.